The van der Waals surface area contributed by atoms with Gasteiger partial charge in [-0.1, -0.05) is 45.9 Å². The number of hydrogen-bond acceptors (Lipinski definition) is 2. The molecular weight excluding hydrogens is 284 g/mol. The van der Waals surface area contributed by atoms with E-state index in [1.807, 2.05) is 4.90 Å². The van der Waals surface area contributed by atoms with Gasteiger partial charge in [-0.25, -0.2) is 0 Å². The molecule has 3 nitrogen and oxygen atoms in total. The zero-order chi connectivity index (χ0) is 17.0. The first-order chi connectivity index (χ1) is 10.8. The zero-order valence-corrected chi connectivity index (χ0v) is 15.4. The van der Waals surface area contributed by atoms with Crippen molar-refractivity contribution < 1.29 is 4.79 Å². The molecule has 1 N–H and O–H groups in total. The van der Waals surface area contributed by atoms with Crippen molar-refractivity contribution in [3.05, 3.63) is 34.9 Å². The van der Waals surface area contributed by atoms with Crippen molar-refractivity contribution in [2.75, 3.05) is 26.2 Å². The molecule has 3 heteroatoms. The number of carbonyl (C=O) groups is 1. The number of piperazine rings is 1. The first kappa shape index (κ1) is 18.0. The van der Waals surface area contributed by atoms with Gasteiger partial charge in [-0.3, -0.25) is 4.79 Å². The molecule has 1 unspecified atom stereocenters. The van der Waals surface area contributed by atoms with Crippen LogP contribution in [-0.4, -0.2) is 37.0 Å². The summed E-state index contributed by atoms with van der Waals surface area (Å²) in [5, 5.41) is 3.30. The Morgan fingerprint density at radius 2 is 1.91 bits per heavy atom. The van der Waals surface area contributed by atoms with Gasteiger partial charge in [0.1, 0.15) is 0 Å². The smallest absolute Gasteiger partial charge is 0.225 e. The van der Waals surface area contributed by atoms with Gasteiger partial charge in [0.15, 0.2) is 0 Å². The van der Waals surface area contributed by atoms with Gasteiger partial charge < -0.3 is 10.2 Å². The summed E-state index contributed by atoms with van der Waals surface area (Å²) >= 11 is 0. The van der Waals surface area contributed by atoms with Gasteiger partial charge in [-0.15, -0.1) is 0 Å². The predicted octanol–water partition coefficient (Wildman–Crippen LogP) is 3.29. The van der Waals surface area contributed by atoms with Crippen molar-refractivity contribution >= 4 is 5.91 Å². The van der Waals surface area contributed by atoms with Crippen LogP contribution in [0.2, 0.25) is 0 Å². The van der Waals surface area contributed by atoms with Crippen molar-refractivity contribution in [2.24, 2.45) is 5.92 Å². The van der Waals surface area contributed by atoms with Crippen LogP contribution in [0.5, 0.6) is 0 Å². The Morgan fingerprint density at radius 3 is 2.52 bits per heavy atom. The Kier molecular flexibility index (Phi) is 5.85. The summed E-state index contributed by atoms with van der Waals surface area (Å²) in [6.07, 6.45) is 1.91. The lowest BCUT2D eigenvalue weighted by Crippen LogP contribution is -2.48. The van der Waals surface area contributed by atoms with Crippen LogP contribution in [-0.2, 0) is 16.6 Å². The number of amides is 1. The molecule has 0 aliphatic carbocycles. The van der Waals surface area contributed by atoms with Crippen LogP contribution in [0.1, 0.15) is 50.8 Å². The number of nitrogens with zero attached hydrogens (tertiary/aromatic N) is 1. The first-order valence-electron chi connectivity index (χ1n) is 8.88. The molecule has 1 amide bonds. The van der Waals surface area contributed by atoms with Crippen molar-refractivity contribution in [1.82, 2.24) is 10.2 Å². The van der Waals surface area contributed by atoms with Crippen molar-refractivity contribution in [3.8, 4) is 0 Å². The van der Waals surface area contributed by atoms with E-state index in [0.717, 1.165) is 39.0 Å². The molecule has 1 heterocycles. The number of aryl methyl sites for hydroxylation is 2. The molecule has 1 fully saturated rings. The third kappa shape index (κ3) is 4.81. The van der Waals surface area contributed by atoms with E-state index in [2.05, 4.69) is 58.1 Å². The van der Waals surface area contributed by atoms with E-state index in [9.17, 15) is 4.79 Å². The van der Waals surface area contributed by atoms with E-state index in [-0.39, 0.29) is 11.3 Å². The highest BCUT2D eigenvalue weighted by Crippen LogP contribution is 2.25. The third-order valence-corrected chi connectivity index (χ3v) is 4.91. The molecule has 0 radical (unpaired) electrons. The monoisotopic (exact) mass is 316 g/mol. The summed E-state index contributed by atoms with van der Waals surface area (Å²) in [6, 6.07) is 6.78. The average Bonchev–Trinajstić information content (AvgIpc) is 2.52. The molecule has 1 aromatic rings. The number of nitrogens with one attached hydrogen (secondary N) is 1. The third-order valence-electron chi connectivity index (χ3n) is 4.91. The molecule has 1 atom stereocenters. The molecule has 1 aliphatic rings. The molecule has 1 aromatic carbocycles. The zero-order valence-electron chi connectivity index (χ0n) is 15.4. The minimum Gasteiger partial charge on any atom is -0.340 e. The Bertz CT molecular complexity index is 539. The van der Waals surface area contributed by atoms with Crippen LogP contribution in [0.4, 0.5) is 0 Å². The van der Waals surface area contributed by atoms with Crippen molar-refractivity contribution in [3.63, 3.8) is 0 Å². The van der Waals surface area contributed by atoms with Crippen LogP contribution in [0.25, 0.3) is 0 Å². The lowest BCUT2D eigenvalue weighted by atomic mass is 9.84. The molecular formula is C20H32N2O. The van der Waals surface area contributed by atoms with E-state index in [1.54, 1.807) is 0 Å². The maximum atomic E-state index is 12.5. The fourth-order valence-corrected chi connectivity index (χ4v) is 3.10. The molecule has 0 bridgehead atoms. The fourth-order valence-electron chi connectivity index (χ4n) is 3.10. The largest absolute Gasteiger partial charge is 0.340 e. The van der Waals surface area contributed by atoms with Crippen LogP contribution in [0.15, 0.2) is 18.2 Å². The summed E-state index contributed by atoms with van der Waals surface area (Å²) in [6.45, 7) is 14.5. The van der Waals surface area contributed by atoms with Gasteiger partial charge in [0.05, 0.1) is 0 Å². The standard InChI is InChI=1S/C20H32N2O/c1-15-7-9-18(20(3,4)5)14-17(15)8-6-16(2)19(23)22-12-10-21-11-13-22/h7,9,14,16,21H,6,8,10-13H2,1-5H3. The van der Waals surface area contributed by atoms with Crippen molar-refractivity contribution in [1.29, 1.82) is 0 Å². The molecule has 0 aromatic heterocycles. The molecule has 1 saturated heterocycles. The summed E-state index contributed by atoms with van der Waals surface area (Å²) < 4.78 is 0. The van der Waals surface area contributed by atoms with Gasteiger partial charge >= 0.3 is 0 Å². The quantitative estimate of drug-likeness (QED) is 0.924. The van der Waals surface area contributed by atoms with Gasteiger partial charge in [0.2, 0.25) is 5.91 Å². The van der Waals surface area contributed by atoms with Gasteiger partial charge in [0.25, 0.3) is 0 Å². The average molecular weight is 316 g/mol. The number of benzene rings is 1. The minimum atomic E-state index is 0.103. The Labute approximate surface area is 141 Å². The molecule has 23 heavy (non-hydrogen) atoms. The second kappa shape index (κ2) is 7.48. The highest BCUT2D eigenvalue weighted by atomic mass is 16.2. The van der Waals surface area contributed by atoms with Gasteiger partial charge in [-0.05, 0) is 41.9 Å². The topological polar surface area (TPSA) is 32.3 Å². The maximum absolute atomic E-state index is 12.5. The maximum Gasteiger partial charge on any atom is 0.225 e. The molecule has 128 valence electrons. The normalized spacial score (nSPS) is 17.2. The van der Waals surface area contributed by atoms with E-state index >= 15 is 0 Å². The Hall–Kier alpha value is -1.35. The molecule has 1 aliphatic heterocycles. The Balaban J connectivity index is 1.98. The van der Waals surface area contributed by atoms with Crippen LogP contribution >= 0.6 is 0 Å². The molecule has 0 spiro atoms. The first-order valence-corrected chi connectivity index (χ1v) is 8.88. The molecule has 2 rings (SSSR count). The highest BCUT2D eigenvalue weighted by Gasteiger charge is 2.22. The van der Waals surface area contributed by atoms with Crippen LogP contribution in [0, 0.1) is 12.8 Å². The fraction of sp³-hybridized carbons (Fsp3) is 0.650. The summed E-state index contributed by atoms with van der Waals surface area (Å²) in [5.74, 6) is 0.418. The van der Waals surface area contributed by atoms with E-state index in [1.165, 1.54) is 16.7 Å². The van der Waals surface area contributed by atoms with Crippen LogP contribution < -0.4 is 5.32 Å². The second-order valence-corrected chi connectivity index (χ2v) is 7.91. The lowest BCUT2D eigenvalue weighted by Gasteiger charge is -2.30. The molecule has 0 saturated carbocycles. The van der Waals surface area contributed by atoms with Crippen LogP contribution in [0.3, 0.4) is 0 Å². The van der Waals surface area contributed by atoms with Gasteiger partial charge in [-0.2, -0.15) is 0 Å². The number of hydrogen-bond donors (Lipinski definition) is 1. The second-order valence-electron chi connectivity index (χ2n) is 7.91. The van der Waals surface area contributed by atoms with Crippen molar-refractivity contribution in [2.45, 2.75) is 52.9 Å². The van der Waals surface area contributed by atoms with E-state index < -0.39 is 0 Å². The van der Waals surface area contributed by atoms with Gasteiger partial charge in [0, 0.05) is 32.1 Å². The number of rotatable bonds is 4. The lowest BCUT2D eigenvalue weighted by molar-refractivity contribution is -0.135. The van der Waals surface area contributed by atoms with E-state index in [0.29, 0.717) is 5.91 Å². The van der Waals surface area contributed by atoms with E-state index in [4.69, 9.17) is 0 Å². The number of carbonyl (C=O) groups excluding carboxylic acids is 1. The summed E-state index contributed by atoms with van der Waals surface area (Å²) in [7, 11) is 0. The highest BCUT2D eigenvalue weighted by molar-refractivity contribution is 5.78. The summed E-state index contributed by atoms with van der Waals surface area (Å²) in [4.78, 5) is 14.5. The summed E-state index contributed by atoms with van der Waals surface area (Å²) in [5.41, 5.74) is 4.27. The predicted molar refractivity (Wildman–Crippen MR) is 96.8 cm³/mol. The Morgan fingerprint density at radius 1 is 1.26 bits per heavy atom. The SMILES string of the molecule is Cc1ccc(C(C)(C)C)cc1CCC(C)C(=O)N1CCNCC1. The minimum absolute atomic E-state index is 0.103.